The molecule has 0 radical (unpaired) electrons. The highest BCUT2D eigenvalue weighted by atomic mass is 16.5. The van der Waals surface area contributed by atoms with Crippen LogP contribution in [0, 0.1) is 5.92 Å². The summed E-state index contributed by atoms with van der Waals surface area (Å²) in [6, 6.07) is 16.2. The molecule has 0 saturated carbocycles. The number of methoxy groups -OCH3 is 1. The molecule has 0 aliphatic carbocycles. The Labute approximate surface area is 172 Å². The van der Waals surface area contributed by atoms with Crippen molar-refractivity contribution in [1.29, 1.82) is 0 Å². The maximum absolute atomic E-state index is 12.7. The number of rotatable bonds is 7. The van der Waals surface area contributed by atoms with Gasteiger partial charge in [-0.3, -0.25) is 4.79 Å². The minimum atomic E-state index is 0.139. The first kappa shape index (κ1) is 19.5. The van der Waals surface area contributed by atoms with Crippen molar-refractivity contribution in [2.75, 3.05) is 13.7 Å². The zero-order valence-electron chi connectivity index (χ0n) is 17.5. The summed E-state index contributed by atoms with van der Waals surface area (Å²) in [5, 5.41) is 0. The summed E-state index contributed by atoms with van der Waals surface area (Å²) in [6.45, 7) is 6.78. The van der Waals surface area contributed by atoms with Gasteiger partial charge in [0.2, 0.25) is 5.91 Å². The molecule has 3 aromatic rings. The lowest BCUT2D eigenvalue weighted by Crippen LogP contribution is -2.24. The first-order valence-electron chi connectivity index (χ1n) is 10.4. The zero-order chi connectivity index (χ0) is 20.4. The van der Waals surface area contributed by atoms with Crippen molar-refractivity contribution in [3.05, 3.63) is 59.9 Å². The number of imidazole rings is 1. The molecule has 2 aromatic carbocycles. The summed E-state index contributed by atoms with van der Waals surface area (Å²) >= 11 is 0. The van der Waals surface area contributed by atoms with Crippen molar-refractivity contribution >= 4 is 16.9 Å². The molecule has 0 N–H and O–H groups in total. The van der Waals surface area contributed by atoms with Crippen molar-refractivity contribution < 1.29 is 9.53 Å². The Balaban J connectivity index is 1.56. The zero-order valence-corrected chi connectivity index (χ0v) is 17.5. The van der Waals surface area contributed by atoms with Crippen LogP contribution in [0.3, 0.4) is 0 Å². The van der Waals surface area contributed by atoms with E-state index in [1.165, 1.54) is 5.52 Å². The van der Waals surface area contributed by atoms with Gasteiger partial charge in [-0.25, -0.2) is 4.98 Å². The Morgan fingerprint density at radius 1 is 1.14 bits per heavy atom. The van der Waals surface area contributed by atoms with Crippen molar-refractivity contribution in [3.8, 4) is 5.75 Å². The van der Waals surface area contributed by atoms with E-state index in [-0.39, 0.29) is 11.8 Å². The molecular weight excluding hydrogens is 362 g/mol. The largest absolute Gasteiger partial charge is 0.497 e. The number of aromatic nitrogens is 2. The van der Waals surface area contributed by atoms with Crippen LogP contribution in [0.4, 0.5) is 0 Å². The van der Waals surface area contributed by atoms with Crippen molar-refractivity contribution in [3.63, 3.8) is 0 Å². The fraction of sp³-hybridized carbons (Fsp3) is 0.417. The SMILES string of the molecule is COc1ccc(CN2C[C@@H](c3nc4ccccc4n3CCC(C)C)CC2=O)cc1. The molecule has 1 atom stereocenters. The molecular formula is C24H29N3O2. The highest BCUT2D eigenvalue weighted by Crippen LogP contribution is 2.31. The summed E-state index contributed by atoms with van der Waals surface area (Å²) in [6.07, 6.45) is 1.63. The van der Waals surface area contributed by atoms with Gasteiger partial charge in [0, 0.05) is 32.0 Å². The van der Waals surface area contributed by atoms with Crippen LogP contribution in [0.2, 0.25) is 0 Å². The molecule has 152 valence electrons. The molecule has 2 heterocycles. The molecule has 1 aliphatic heterocycles. The predicted molar refractivity (Wildman–Crippen MR) is 115 cm³/mol. The predicted octanol–water partition coefficient (Wildman–Crippen LogP) is 4.61. The van der Waals surface area contributed by atoms with Gasteiger partial charge in [-0.2, -0.15) is 0 Å². The van der Waals surface area contributed by atoms with E-state index >= 15 is 0 Å². The van der Waals surface area contributed by atoms with Crippen molar-refractivity contribution in [2.24, 2.45) is 5.92 Å². The molecule has 1 aromatic heterocycles. The summed E-state index contributed by atoms with van der Waals surface area (Å²) in [7, 11) is 1.66. The number of ether oxygens (including phenoxy) is 1. The Kier molecular flexibility index (Phi) is 5.56. The van der Waals surface area contributed by atoms with Crippen LogP contribution in [0.1, 0.15) is 44.0 Å². The molecule has 0 bridgehead atoms. The van der Waals surface area contributed by atoms with Gasteiger partial charge in [0.05, 0.1) is 18.1 Å². The summed E-state index contributed by atoms with van der Waals surface area (Å²) < 4.78 is 7.56. The van der Waals surface area contributed by atoms with Crippen LogP contribution in [0.5, 0.6) is 5.75 Å². The Morgan fingerprint density at radius 3 is 2.62 bits per heavy atom. The van der Waals surface area contributed by atoms with E-state index in [0.717, 1.165) is 42.2 Å². The van der Waals surface area contributed by atoms with Crippen molar-refractivity contribution in [2.45, 2.75) is 45.7 Å². The summed E-state index contributed by atoms with van der Waals surface area (Å²) in [5.74, 6) is 2.85. The third-order valence-electron chi connectivity index (χ3n) is 5.73. The molecule has 1 fully saturated rings. The second kappa shape index (κ2) is 8.27. The molecule has 4 rings (SSSR count). The number of nitrogens with zero attached hydrogens (tertiary/aromatic N) is 3. The van der Waals surface area contributed by atoms with Crippen LogP contribution in [0.25, 0.3) is 11.0 Å². The number of benzene rings is 2. The van der Waals surface area contributed by atoms with Crippen molar-refractivity contribution in [1.82, 2.24) is 14.5 Å². The number of carbonyl (C=O) groups excluding carboxylic acids is 1. The lowest BCUT2D eigenvalue weighted by molar-refractivity contribution is -0.128. The fourth-order valence-corrected chi connectivity index (χ4v) is 4.08. The maximum atomic E-state index is 12.7. The number of carbonyl (C=O) groups is 1. The van der Waals surface area contributed by atoms with Gasteiger partial charge in [-0.05, 0) is 42.2 Å². The number of aryl methyl sites for hydroxylation is 1. The van der Waals surface area contributed by atoms with E-state index in [1.54, 1.807) is 7.11 Å². The van der Waals surface area contributed by atoms with E-state index in [2.05, 4.69) is 36.6 Å². The Bertz CT molecular complexity index is 991. The molecule has 0 unspecified atom stereocenters. The normalized spacial score (nSPS) is 16.9. The first-order valence-corrected chi connectivity index (χ1v) is 10.4. The van der Waals surface area contributed by atoms with Crippen LogP contribution < -0.4 is 4.74 Å². The average molecular weight is 392 g/mol. The summed E-state index contributed by atoms with van der Waals surface area (Å²) in [5.41, 5.74) is 3.31. The van der Waals surface area contributed by atoms with Gasteiger partial charge in [0.25, 0.3) is 0 Å². The van der Waals surface area contributed by atoms with E-state index in [1.807, 2.05) is 35.2 Å². The second-order valence-corrected chi connectivity index (χ2v) is 8.32. The third kappa shape index (κ3) is 4.14. The minimum absolute atomic E-state index is 0.139. The smallest absolute Gasteiger partial charge is 0.223 e. The van der Waals surface area contributed by atoms with Gasteiger partial charge in [0.1, 0.15) is 11.6 Å². The minimum Gasteiger partial charge on any atom is -0.497 e. The highest BCUT2D eigenvalue weighted by molar-refractivity contribution is 5.81. The van der Waals surface area contributed by atoms with E-state index < -0.39 is 0 Å². The number of hydrogen-bond acceptors (Lipinski definition) is 3. The third-order valence-corrected chi connectivity index (χ3v) is 5.73. The molecule has 0 spiro atoms. The number of likely N-dealkylation sites (tertiary alicyclic amines) is 1. The van der Waals surface area contributed by atoms with Gasteiger partial charge in [0.15, 0.2) is 0 Å². The summed E-state index contributed by atoms with van der Waals surface area (Å²) in [4.78, 5) is 19.6. The van der Waals surface area contributed by atoms with Crippen LogP contribution in [0.15, 0.2) is 48.5 Å². The topological polar surface area (TPSA) is 47.4 Å². The molecule has 1 amide bonds. The standard InChI is InChI=1S/C24H29N3O2/c1-17(2)12-13-27-22-7-5-4-6-21(22)25-24(27)19-14-23(28)26(16-19)15-18-8-10-20(29-3)11-9-18/h4-11,17,19H,12-16H2,1-3H3/t19-/m0/s1. The quantitative estimate of drug-likeness (QED) is 0.591. The fourth-order valence-electron chi connectivity index (χ4n) is 4.08. The average Bonchev–Trinajstić information content (AvgIpc) is 3.27. The Hall–Kier alpha value is -2.82. The van der Waals surface area contributed by atoms with Gasteiger partial charge in [-0.1, -0.05) is 38.1 Å². The molecule has 5 heteroatoms. The van der Waals surface area contributed by atoms with E-state index in [4.69, 9.17) is 9.72 Å². The van der Waals surface area contributed by atoms with Crippen LogP contribution >= 0.6 is 0 Å². The monoisotopic (exact) mass is 391 g/mol. The lowest BCUT2D eigenvalue weighted by atomic mass is 10.1. The highest BCUT2D eigenvalue weighted by Gasteiger charge is 2.33. The number of para-hydroxylation sites is 2. The number of fused-ring (bicyclic) bond motifs is 1. The Morgan fingerprint density at radius 2 is 1.90 bits per heavy atom. The molecule has 29 heavy (non-hydrogen) atoms. The van der Waals surface area contributed by atoms with Gasteiger partial charge in [-0.15, -0.1) is 0 Å². The number of amides is 1. The maximum Gasteiger partial charge on any atom is 0.223 e. The van der Waals surface area contributed by atoms with Gasteiger partial charge >= 0.3 is 0 Å². The van der Waals surface area contributed by atoms with Crippen LogP contribution in [-0.4, -0.2) is 34.0 Å². The van der Waals surface area contributed by atoms with E-state index in [0.29, 0.717) is 18.9 Å². The molecule has 5 nitrogen and oxygen atoms in total. The van der Waals surface area contributed by atoms with Gasteiger partial charge < -0.3 is 14.2 Å². The number of hydrogen-bond donors (Lipinski definition) is 0. The van der Waals surface area contributed by atoms with E-state index in [9.17, 15) is 4.79 Å². The second-order valence-electron chi connectivity index (χ2n) is 8.32. The first-order chi connectivity index (χ1) is 14.0. The lowest BCUT2D eigenvalue weighted by Gasteiger charge is -2.18. The van der Waals surface area contributed by atoms with Crippen LogP contribution in [-0.2, 0) is 17.9 Å². The molecule has 1 saturated heterocycles. The molecule has 1 aliphatic rings.